The second-order valence-corrected chi connectivity index (χ2v) is 4.29. The van der Waals surface area contributed by atoms with Gasteiger partial charge < -0.3 is 4.74 Å². The topological polar surface area (TPSA) is 39.9 Å². The lowest BCUT2D eigenvalue weighted by molar-refractivity contribution is 0.413. The first-order valence-electron chi connectivity index (χ1n) is 5.68. The molecule has 0 aromatic carbocycles. The van der Waals surface area contributed by atoms with Gasteiger partial charge in [-0.2, -0.15) is 5.10 Å². The molecule has 0 saturated heterocycles. The van der Waals surface area contributed by atoms with Crippen molar-refractivity contribution in [2.45, 2.75) is 26.8 Å². The van der Waals surface area contributed by atoms with Gasteiger partial charge in [0.25, 0.3) is 0 Å². The van der Waals surface area contributed by atoms with E-state index in [-0.39, 0.29) is 0 Å². The first-order valence-corrected chi connectivity index (χ1v) is 5.68. The lowest BCUT2D eigenvalue weighted by Crippen LogP contribution is -2.01. The fourth-order valence-corrected chi connectivity index (χ4v) is 1.69. The molecule has 0 amide bonds. The van der Waals surface area contributed by atoms with Crippen molar-refractivity contribution in [1.82, 2.24) is 14.8 Å². The van der Waals surface area contributed by atoms with Gasteiger partial charge in [-0.3, -0.25) is 9.67 Å². The molecule has 4 nitrogen and oxygen atoms in total. The first kappa shape index (κ1) is 11.6. The van der Waals surface area contributed by atoms with Gasteiger partial charge in [-0.1, -0.05) is 6.07 Å². The van der Waals surface area contributed by atoms with E-state index in [1.165, 1.54) is 0 Å². The fourth-order valence-electron chi connectivity index (χ4n) is 1.69. The zero-order valence-electron chi connectivity index (χ0n) is 10.6. The van der Waals surface area contributed by atoms with Crippen molar-refractivity contribution < 1.29 is 4.74 Å². The molecule has 0 unspecified atom stereocenters. The molecule has 0 aliphatic heterocycles. The van der Waals surface area contributed by atoms with Gasteiger partial charge in [-0.25, -0.2) is 0 Å². The summed E-state index contributed by atoms with van der Waals surface area (Å²) in [6.07, 6.45) is 3.68. The zero-order valence-corrected chi connectivity index (χ0v) is 10.6. The van der Waals surface area contributed by atoms with Gasteiger partial charge in [0.2, 0.25) is 0 Å². The van der Waals surface area contributed by atoms with Crippen LogP contribution in [0.25, 0.3) is 11.4 Å². The Morgan fingerprint density at radius 1 is 1.29 bits per heavy atom. The summed E-state index contributed by atoms with van der Waals surface area (Å²) in [4.78, 5) is 4.37. The number of pyridine rings is 1. The summed E-state index contributed by atoms with van der Waals surface area (Å²) in [5.41, 5.74) is 2.78. The van der Waals surface area contributed by atoms with Gasteiger partial charge in [-0.05, 0) is 32.4 Å². The Hall–Kier alpha value is -1.84. The Bertz CT molecular complexity index is 517. The molecule has 2 aromatic heterocycles. The lowest BCUT2D eigenvalue weighted by Gasteiger charge is -2.04. The van der Waals surface area contributed by atoms with Gasteiger partial charge in [0.1, 0.15) is 0 Å². The average molecular weight is 231 g/mol. The van der Waals surface area contributed by atoms with Crippen molar-refractivity contribution >= 4 is 0 Å². The van der Waals surface area contributed by atoms with Gasteiger partial charge in [-0.15, -0.1) is 0 Å². The molecule has 17 heavy (non-hydrogen) atoms. The second-order valence-electron chi connectivity index (χ2n) is 4.29. The molecule has 0 aliphatic rings. The van der Waals surface area contributed by atoms with E-state index in [1.807, 2.05) is 29.9 Å². The van der Waals surface area contributed by atoms with Crippen LogP contribution in [-0.2, 0) is 0 Å². The molecule has 0 radical (unpaired) electrons. The Kier molecular flexibility index (Phi) is 3.13. The highest BCUT2D eigenvalue weighted by molar-refractivity contribution is 5.65. The molecule has 0 bridgehead atoms. The lowest BCUT2D eigenvalue weighted by atomic mass is 10.1. The van der Waals surface area contributed by atoms with Crippen LogP contribution >= 0.6 is 0 Å². The molecule has 0 spiro atoms. The second kappa shape index (κ2) is 4.57. The maximum absolute atomic E-state index is 5.36. The van der Waals surface area contributed by atoms with Crippen molar-refractivity contribution in [2.24, 2.45) is 0 Å². The third-order valence-corrected chi connectivity index (χ3v) is 2.68. The first-order chi connectivity index (χ1) is 8.13. The van der Waals surface area contributed by atoms with Crippen LogP contribution in [0.5, 0.6) is 5.75 Å². The van der Waals surface area contributed by atoms with Crippen LogP contribution in [0.3, 0.4) is 0 Å². The third kappa shape index (κ3) is 2.16. The molecule has 4 heteroatoms. The summed E-state index contributed by atoms with van der Waals surface area (Å²) in [7, 11) is 1.66. The van der Waals surface area contributed by atoms with Crippen molar-refractivity contribution in [2.75, 3.05) is 7.11 Å². The van der Waals surface area contributed by atoms with Crippen LogP contribution in [0.2, 0.25) is 0 Å². The molecule has 2 aromatic rings. The van der Waals surface area contributed by atoms with Crippen LogP contribution in [-0.4, -0.2) is 21.9 Å². The van der Waals surface area contributed by atoms with E-state index in [4.69, 9.17) is 4.74 Å². The summed E-state index contributed by atoms with van der Waals surface area (Å²) >= 11 is 0. The number of rotatable bonds is 3. The van der Waals surface area contributed by atoms with Crippen LogP contribution in [0.15, 0.2) is 24.5 Å². The van der Waals surface area contributed by atoms with Crippen LogP contribution in [0, 0.1) is 6.92 Å². The van der Waals surface area contributed by atoms with Crippen molar-refractivity contribution in [3.05, 3.63) is 30.1 Å². The smallest absolute Gasteiger partial charge is 0.166 e. The summed E-state index contributed by atoms with van der Waals surface area (Å²) in [6, 6.07) is 4.25. The number of hydrogen-bond donors (Lipinski definition) is 0. The highest BCUT2D eigenvalue weighted by atomic mass is 16.5. The average Bonchev–Trinajstić information content (AvgIpc) is 2.73. The van der Waals surface area contributed by atoms with Crippen molar-refractivity contribution in [3.8, 4) is 17.1 Å². The summed E-state index contributed by atoms with van der Waals surface area (Å²) in [6.45, 7) is 6.19. The molecule has 0 aliphatic carbocycles. The Labute approximate surface area is 101 Å². The quantitative estimate of drug-likeness (QED) is 0.815. The monoisotopic (exact) mass is 231 g/mol. The van der Waals surface area contributed by atoms with E-state index < -0.39 is 0 Å². The van der Waals surface area contributed by atoms with Crippen molar-refractivity contribution in [1.29, 1.82) is 0 Å². The van der Waals surface area contributed by atoms with Gasteiger partial charge in [0.15, 0.2) is 11.4 Å². The minimum Gasteiger partial charge on any atom is -0.493 e. The predicted molar refractivity (Wildman–Crippen MR) is 67.1 cm³/mol. The van der Waals surface area contributed by atoms with E-state index >= 15 is 0 Å². The normalized spacial score (nSPS) is 10.9. The SMILES string of the molecule is COc1cn(C(C)C)nc1-c1ncccc1C. The minimum absolute atomic E-state index is 0.307. The molecule has 2 heterocycles. The summed E-state index contributed by atoms with van der Waals surface area (Å²) in [5.74, 6) is 0.764. The van der Waals surface area contributed by atoms with Crippen LogP contribution < -0.4 is 4.74 Å². The van der Waals surface area contributed by atoms with Crippen LogP contribution in [0.1, 0.15) is 25.5 Å². The zero-order chi connectivity index (χ0) is 12.4. The molecule has 0 saturated carbocycles. The standard InChI is InChI=1S/C13H17N3O/c1-9(2)16-8-11(17-4)13(15-16)12-10(3)6-5-7-14-12/h5-9H,1-4H3. The van der Waals surface area contributed by atoms with Gasteiger partial charge >= 0.3 is 0 Å². The molecule has 0 N–H and O–H groups in total. The Morgan fingerprint density at radius 3 is 2.65 bits per heavy atom. The Balaban J connectivity index is 2.55. The molecule has 2 rings (SSSR count). The number of aryl methyl sites for hydroxylation is 1. The molecule has 0 atom stereocenters. The molecular formula is C13H17N3O. The maximum Gasteiger partial charge on any atom is 0.166 e. The predicted octanol–water partition coefficient (Wildman–Crippen LogP) is 2.84. The number of methoxy groups -OCH3 is 1. The summed E-state index contributed by atoms with van der Waals surface area (Å²) in [5, 5.41) is 4.54. The van der Waals surface area contributed by atoms with E-state index in [0.29, 0.717) is 6.04 Å². The number of aromatic nitrogens is 3. The number of nitrogens with zero attached hydrogens (tertiary/aromatic N) is 3. The Morgan fingerprint density at radius 2 is 2.06 bits per heavy atom. The maximum atomic E-state index is 5.36. The van der Waals surface area contributed by atoms with E-state index in [0.717, 1.165) is 22.7 Å². The number of hydrogen-bond acceptors (Lipinski definition) is 3. The molecular weight excluding hydrogens is 214 g/mol. The van der Waals surface area contributed by atoms with Crippen molar-refractivity contribution in [3.63, 3.8) is 0 Å². The fraction of sp³-hybridized carbons (Fsp3) is 0.385. The number of ether oxygens (including phenoxy) is 1. The van der Waals surface area contributed by atoms with E-state index in [1.54, 1.807) is 13.3 Å². The highest BCUT2D eigenvalue weighted by Gasteiger charge is 2.15. The van der Waals surface area contributed by atoms with E-state index in [2.05, 4.69) is 23.9 Å². The third-order valence-electron chi connectivity index (χ3n) is 2.68. The van der Waals surface area contributed by atoms with Gasteiger partial charge in [0, 0.05) is 12.2 Å². The molecule has 90 valence electrons. The van der Waals surface area contributed by atoms with Gasteiger partial charge in [0.05, 0.1) is 19.0 Å². The highest BCUT2D eigenvalue weighted by Crippen LogP contribution is 2.29. The largest absolute Gasteiger partial charge is 0.493 e. The van der Waals surface area contributed by atoms with Crippen LogP contribution in [0.4, 0.5) is 0 Å². The van der Waals surface area contributed by atoms with E-state index in [9.17, 15) is 0 Å². The molecule has 0 fully saturated rings. The minimum atomic E-state index is 0.307. The summed E-state index contributed by atoms with van der Waals surface area (Å²) < 4.78 is 7.25.